The zero-order valence-electron chi connectivity index (χ0n) is 18.7. The highest BCUT2D eigenvalue weighted by Crippen LogP contribution is 2.25. The molecule has 34 heavy (non-hydrogen) atoms. The molecule has 10 nitrogen and oxygen atoms in total. The first-order chi connectivity index (χ1) is 16.0. The maximum absolute atomic E-state index is 12.8. The molecule has 1 aromatic heterocycles. The van der Waals surface area contributed by atoms with Crippen LogP contribution in [0.1, 0.15) is 6.92 Å². The third-order valence-corrected chi connectivity index (χ3v) is 7.40. The summed E-state index contributed by atoms with van der Waals surface area (Å²) in [5.41, 5.74) is 0.919. The fourth-order valence-corrected chi connectivity index (χ4v) is 5.36. The van der Waals surface area contributed by atoms with E-state index in [9.17, 15) is 21.6 Å². The van der Waals surface area contributed by atoms with Crippen molar-refractivity contribution in [3.63, 3.8) is 0 Å². The number of hydrogen-bond donors (Lipinski definition) is 2. The van der Waals surface area contributed by atoms with Crippen molar-refractivity contribution in [1.29, 1.82) is 0 Å². The molecule has 1 heterocycles. The number of sulfonamides is 2. The zero-order valence-corrected chi connectivity index (χ0v) is 20.3. The summed E-state index contributed by atoms with van der Waals surface area (Å²) in [6.45, 7) is 1.46. The molecular weight excluding hydrogens is 480 g/mol. The number of hydrogen-bond acceptors (Lipinski definition) is 7. The van der Waals surface area contributed by atoms with Crippen molar-refractivity contribution in [3.8, 4) is 5.75 Å². The minimum Gasteiger partial charge on any atom is -0.497 e. The van der Waals surface area contributed by atoms with Crippen LogP contribution in [0, 0.1) is 0 Å². The third-order valence-electron chi connectivity index (χ3n) is 4.76. The lowest BCUT2D eigenvalue weighted by Gasteiger charge is -2.28. The van der Waals surface area contributed by atoms with E-state index >= 15 is 0 Å². The monoisotopic (exact) mass is 504 g/mol. The summed E-state index contributed by atoms with van der Waals surface area (Å²) in [4.78, 5) is 16.7. The summed E-state index contributed by atoms with van der Waals surface area (Å²) in [7, 11) is -6.15. The number of anilines is 3. The lowest BCUT2D eigenvalue weighted by molar-refractivity contribution is -0.116. The van der Waals surface area contributed by atoms with Crippen LogP contribution in [-0.2, 0) is 24.8 Å². The highest BCUT2D eigenvalue weighted by molar-refractivity contribution is 7.92. The van der Waals surface area contributed by atoms with Crippen molar-refractivity contribution >= 4 is 43.0 Å². The predicted molar refractivity (Wildman–Crippen MR) is 130 cm³/mol. The van der Waals surface area contributed by atoms with E-state index in [4.69, 9.17) is 4.74 Å². The number of rotatable bonds is 9. The topological polar surface area (TPSA) is 135 Å². The Morgan fingerprint density at radius 3 is 2.15 bits per heavy atom. The van der Waals surface area contributed by atoms with Gasteiger partial charge in [-0.1, -0.05) is 0 Å². The largest absolute Gasteiger partial charge is 0.497 e. The molecule has 2 aromatic carbocycles. The Bertz CT molecular complexity index is 1340. The van der Waals surface area contributed by atoms with E-state index in [1.807, 2.05) is 0 Å². The number of benzene rings is 2. The van der Waals surface area contributed by atoms with Gasteiger partial charge in [0.25, 0.3) is 10.0 Å². The number of ether oxygens (including phenoxy) is 1. The maximum atomic E-state index is 12.8. The van der Waals surface area contributed by atoms with Crippen LogP contribution in [0.3, 0.4) is 0 Å². The summed E-state index contributed by atoms with van der Waals surface area (Å²) in [5, 5.41) is 2.62. The number of methoxy groups -OCH3 is 1. The number of carbonyl (C=O) groups excluding carboxylic acids is 1. The molecule has 0 saturated heterocycles. The summed E-state index contributed by atoms with van der Waals surface area (Å²) in [5.74, 6) is -0.0484. The van der Waals surface area contributed by atoms with Gasteiger partial charge in [0, 0.05) is 11.9 Å². The van der Waals surface area contributed by atoms with Gasteiger partial charge in [0.05, 0.1) is 35.8 Å². The van der Waals surface area contributed by atoms with Crippen molar-refractivity contribution in [2.24, 2.45) is 0 Å². The van der Waals surface area contributed by atoms with Gasteiger partial charge >= 0.3 is 0 Å². The number of aromatic nitrogens is 1. The lowest BCUT2D eigenvalue weighted by Crippen LogP contribution is -2.45. The van der Waals surface area contributed by atoms with Crippen LogP contribution in [0.4, 0.5) is 17.1 Å². The minimum absolute atomic E-state index is 0.0154. The normalized spacial score (nSPS) is 12.4. The lowest BCUT2D eigenvalue weighted by atomic mass is 10.2. The molecule has 0 bridgehead atoms. The van der Waals surface area contributed by atoms with E-state index in [0.717, 1.165) is 10.6 Å². The molecule has 0 radical (unpaired) electrons. The summed E-state index contributed by atoms with van der Waals surface area (Å²) in [6.07, 6.45) is 3.91. The quantitative estimate of drug-likeness (QED) is 0.457. The van der Waals surface area contributed by atoms with Crippen LogP contribution in [0.15, 0.2) is 78.0 Å². The Labute approximate surface area is 198 Å². The molecule has 0 aliphatic rings. The average molecular weight is 505 g/mol. The third kappa shape index (κ3) is 6.02. The molecule has 0 unspecified atom stereocenters. The molecule has 1 amide bonds. The van der Waals surface area contributed by atoms with Gasteiger partial charge in [-0.05, 0) is 67.6 Å². The molecular formula is C22H24N4O6S2. The molecule has 0 aliphatic carbocycles. The Hall–Kier alpha value is -3.64. The summed E-state index contributed by atoms with van der Waals surface area (Å²) in [6, 6.07) is 13.8. The minimum atomic E-state index is -3.85. The highest BCUT2D eigenvalue weighted by atomic mass is 32.2. The van der Waals surface area contributed by atoms with E-state index in [2.05, 4.69) is 15.0 Å². The Morgan fingerprint density at radius 1 is 0.971 bits per heavy atom. The maximum Gasteiger partial charge on any atom is 0.261 e. The number of pyridine rings is 1. The van der Waals surface area contributed by atoms with Crippen molar-refractivity contribution in [2.75, 3.05) is 27.7 Å². The Balaban J connectivity index is 1.75. The van der Waals surface area contributed by atoms with Gasteiger partial charge in [-0.15, -0.1) is 0 Å². The molecule has 3 aromatic rings. The van der Waals surface area contributed by atoms with Gasteiger partial charge in [-0.2, -0.15) is 0 Å². The van der Waals surface area contributed by atoms with E-state index in [0.29, 0.717) is 22.8 Å². The van der Waals surface area contributed by atoms with E-state index in [1.54, 1.807) is 36.4 Å². The second-order valence-electron chi connectivity index (χ2n) is 7.29. The van der Waals surface area contributed by atoms with Crippen molar-refractivity contribution in [1.82, 2.24) is 4.98 Å². The van der Waals surface area contributed by atoms with Gasteiger partial charge in [0.15, 0.2) is 0 Å². The fourth-order valence-electron chi connectivity index (χ4n) is 3.14. The molecule has 0 aliphatic heterocycles. The molecule has 3 rings (SSSR count). The number of amides is 1. The first-order valence-electron chi connectivity index (χ1n) is 9.98. The van der Waals surface area contributed by atoms with Crippen LogP contribution in [0.25, 0.3) is 0 Å². The molecule has 0 spiro atoms. The van der Waals surface area contributed by atoms with Gasteiger partial charge in [-0.3, -0.25) is 18.8 Å². The Morgan fingerprint density at radius 2 is 1.62 bits per heavy atom. The fraction of sp³-hybridized carbons (Fsp3) is 0.182. The van der Waals surface area contributed by atoms with Gasteiger partial charge in [-0.25, -0.2) is 16.8 Å². The highest BCUT2D eigenvalue weighted by Gasteiger charge is 2.29. The summed E-state index contributed by atoms with van der Waals surface area (Å²) < 4.78 is 58.4. The summed E-state index contributed by atoms with van der Waals surface area (Å²) >= 11 is 0. The second-order valence-corrected chi connectivity index (χ2v) is 10.8. The molecule has 0 fully saturated rings. The van der Waals surface area contributed by atoms with Crippen molar-refractivity contribution in [2.45, 2.75) is 17.9 Å². The molecule has 12 heteroatoms. The van der Waals surface area contributed by atoms with Crippen molar-refractivity contribution < 1.29 is 26.4 Å². The Kier molecular flexibility index (Phi) is 7.42. The van der Waals surface area contributed by atoms with Gasteiger partial charge in [0.2, 0.25) is 15.9 Å². The van der Waals surface area contributed by atoms with E-state index < -0.39 is 32.0 Å². The smallest absolute Gasteiger partial charge is 0.261 e. The van der Waals surface area contributed by atoms with Gasteiger partial charge in [0.1, 0.15) is 11.8 Å². The van der Waals surface area contributed by atoms with E-state index in [1.165, 1.54) is 50.7 Å². The van der Waals surface area contributed by atoms with Crippen molar-refractivity contribution in [3.05, 3.63) is 73.1 Å². The first-order valence-corrected chi connectivity index (χ1v) is 13.3. The molecule has 0 saturated carbocycles. The zero-order chi connectivity index (χ0) is 24.9. The molecule has 180 valence electrons. The van der Waals surface area contributed by atoms with Gasteiger partial charge < -0.3 is 10.1 Å². The standard InChI is InChI=1S/C22H24N4O6S2/c1-16(26(33(3,28)29)19-8-10-20(32-2)11-9-19)22(27)24-17-6-12-21(13-7-17)34(30,31)25-18-5-4-14-23-15-18/h4-16,25H,1-3H3,(H,24,27)/t16-/m0/s1. The molecule has 1 atom stereocenters. The number of nitrogens with one attached hydrogen (secondary N) is 2. The number of nitrogens with zero attached hydrogens (tertiary/aromatic N) is 2. The number of carbonyl (C=O) groups is 1. The predicted octanol–water partition coefficient (Wildman–Crippen LogP) is 2.68. The van der Waals surface area contributed by atoms with Crippen LogP contribution in [0.2, 0.25) is 0 Å². The van der Waals surface area contributed by atoms with E-state index in [-0.39, 0.29) is 4.90 Å². The SMILES string of the molecule is COc1ccc(N([C@@H](C)C(=O)Nc2ccc(S(=O)(=O)Nc3cccnc3)cc2)S(C)(=O)=O)cc1. The van der Waals surface area contributed by atoms with Crippen LogP contribution in [-0.4, -0.2) is 47.1 Å². The average Bonchev–Trinajstić information content (AvgIpc) is 2.79. The van der Waals surface area contributed by atoms with Crippen LogP contribution >= 0.6 is 0 Å². The second kappa shape index (κ2) is 10.1. The first kappa shape index (κ1) is 25.0. The van der Waals surface area contributed by atoms with Crippen LogP contribution in [0.5, 0.6) is 5.75 Å². The van der Waals surface area contributed by atoms with Crippen LogP contribution < -0.4 is 19.1 Å². The molecule has 2 N–H and O–H groups in total.